The first-order valence-corrected chi connectivity index (χ1v) is 14.5. The van der Waals surface area contributed by atoms with E-state index in [0.29, 0.717) is 36.8 Å². The normalized spacial score (nSPS) is 18.0. The summed E-state index contributed by atoms with van der Waals surface area (Å²) in [6.07, 6.45) is 10.4. The second-order valence-electron chi connectivity index (χ2n) is 10.8. The number of benzene rings is 3. The van der Waals surface area contributed by atoms with E-state index in [9.17, 15) is 13.9 Å². The van der Waals surface area contributed by atoms with Gasteiger partial charge in [-0.15, -0.1) is 6.58 Å². The fourth-order valence-electron chi connectivity index (χ4n) is 5.49. The first-order chi connectivity index (χ1) is 19.8. The Balaban J connectivity index is 1.37. The van der Waals surface area contributed by atoms with Crippen molar-refractivity contribution in [1.82, 2.24) is 0 Å². The lowest BCUT2D eigenvalue weighted by atomic mass is 9.78. The number of halogens is 4. The monoisotopic (exact) mass is 566 g/mol. The Kier molecular flexibility index (Phi) is 10.8. The van der Waals surface area contributed by atoms with E-state index in [0.717, 1.165) is 31.2 Å². The summed E-state index contributed by atoms with van der Waals surface area (Å²) in [7, 11) is 0. The Hall–Kier alpha value is -3.38. The molecule has 1 aliphatic rings. The number of aliphatic hydroxyl groups excluding tert-OH is 1. The van der Waals surface area contributed by atoms with Gasteiger partial charge in [-0.1, -0.05) is 68.0 Å². The molecule has 0 aliphatic heterocycles. The van der Waals surface area contributed by atoms with E-state index in [4.69, 9.17) is 4.74 Å². The van der Waals surface area contributed by atoms with Crippen LogP contribution in [0.25, 0.3) is 17.2 Å². The molecule has 1 unspecified atom stereocenters. The van der Waals surface area contributed by atoms with Crippen LogP contribution < -0.4 is 4.74 Å². The molecule has 1 saturated carbocycles. The van der Waals surface area contributed by atoms with Gasteiger partial charge in [0.15, 0.2) is 23.2 Å². The van der Waals surface area contributed by atoms with Gasteiger partial charge in [0.05, 0.1) is 12.7 Å². The molecule has 0 spiro atoms. The van der Waals surface area contributed by atoms with Crippen LogP contribution in [-0.2, 0) is 0 Å². The maximum atomic E-state index is 15.2. The summed E-state index contributed by atoms with van der Waals surface area (Å²) in [6.45, 7) is 5.90. The number of unbranched alkanes of at least 4 members (excludes halogenated alkanes) is 1. The molecule has 3 aromatic rings. The number of rotatable bonds is 12. The van der Waals surface area contributed by atoms with E-state index < -0.39 is 29.4 Å². The fourth-order valence-corrected chi connectivity index (χ4v) is 5.49. The average Bonchev–Trinajstić information content (AvgIpc) is 2.99. The van der Waals surface area contributed by atoms with Gasteiger partial charge in [0.25, 0.3) is 0 Å². The molecule has 1 fully saturated rings. The Labute approximate surface area is 240 Å². The molecule has 1 N–H and O–H groups in total. The molecule has 0 radical (unpaired) electrons. The van der Waals surface area contributed by atoms with Gasteiger partial charge in [-0.2, -0.15) is 4.39 Å². The zero-order valence-corrected chi connectivity index (χ0v) is 23.5. The molecule has 0 bridgehead atoms. The van der Waals surface area contributed by atoms with Crippen LogP contribution in [0.2, 0.25) is 0 Å². The molecule has 0 saturated heterocycles. The van der Waals surface area contributed by atoms with Crippen LogP contribution in [0.3, 0.4) is 0 Å². The molecule has 4 rings (SSSR count). The molecule has 0 aromatic heterocycles. The SMILES string of the molecule is C=CCCCOc1ccc(/C=C/C2CCC(c3ccc(-c4ccc(C(O)CCC)cc4)c(F)c3F)CC2)c(F)c1F. The van der Waals surface area contributed by atoms with Crippen molar-refractivity contribution < 1.29 is 27.4 Å². The Morgan fingerprint density at radius 1 is 0.902 bits per heavy atom. The highest BCUT2D eigenvalue weighted by Crippen LogP contribution is 2.40. The fraction of sp³-hybridized carbons (Fsp3) is 0.371. The highest BCUT2D eigenvalue weighted by Gasteiger charge is 2.26. The molecule has 41 heavy (non-hydrogen) atoms. The maximum absolute atomic E-state index is 15.2. The Bertz CT molecular complexity index is 1340. The minimum absolute atomic E-state index is 0.104. The predicted octanol–water partition coefficient (Wildman–Crippen LogP) is 10.1. The van der Waals surface area contributed by atoms with E-state index in [1.165, 1.54) is 12.1 Å². The molecule has 218 valence electrons. The van der Waals surface area contributed by atoms with Crippen molar-refractivity contribution in [2.45, 2.75) is 70.3 Å². The minimum atomic E-state index is -1.000. The van der Waals surface area contributed by atoms with Crippen molar-refractivity contribution in [3.8, 4) is 16.9 Å². The molecule has 2 nitrogen and oxygen atoms in total. The summed E-state index contributed by atoms with van der Waals surface area (Å²) >= 11 is 0. The third kappa shape index (κ3) is 7.48. The first kappa shape index (κ1) is 30.6. The summed E-state index contributed by atoms with van der Waals surface area (Å²) in [5.74, 6) is -3.70. The van der Waals surface area contributed by atoms with Gasteiger partial charge >= 0.3 is 0 Å². The summed E-state index contributed by atoms with van der Waals surface area (Å²) in [6, 6.07) is 13.2. The van der Waals surface area contributed by atoms with Crippen molar-refractivity contribution >= 4 is 6.08 Å². The first-order valence-electron chi connectivity index (χ1n) is 14.5. The van der Waals surface area contributed by atoms with Gasteiger partial charge in [0.2, 0.25) is 5.82 Å². The van der Waals surface area contributed by atoms with Crippen LogP contribution >= 0.6 is 0 Å². The summed E-state index contributed by atoms with van der Waals surface area (Å²) in [5, 5.41) is 10.2. The lowest BCUT2D eigenvalue weighted by molar-refractivity contribution is 0.166. The van der Waals surface area contributed by atoms with Crippen molar-refractivity contribution in [3.05, 3.63) is 107 Å². The lowest BCUT2D eigenvalue weighted by Gasteiger charge is -2.27. The molecule has 6 heteroatoms. The minimum Gasteiger partial charge on any atom is -0.490 e. The molecule has 1 atom stereocenters. The lowest BCUT2D eigenvalue weighted by Crippen LogP contribution is -2.13. The van der Waals surface area contributed by atoms with Gasteiger partial charge in [0, 0.05) is 11.1 Å². The number of ether oxygens (including phenoxy) is 1. The third-order valence-corrected chi connectivity index (χ3v) is 7.93. The third-order valence-electron chi connectivity index (χ3n) is 7.93. The number of hydrogen-bond donors (Lipinski definition) is 1. The molecule has 1 aliphatic carbocycles. The van der Waals surface area contributed by atoms with Crippen LogP contribution in [0.15, 0.2) is 67.3 Å². The smallest absolute Gasteiger partial charge is 0.201 e. The Morgan fingerprint density at radius 3 is 2.32 bits per heavy atom. The highest BCUT2D eigenvalue weighted by molar-refractivity contribution is 5.65. The quantitative estimate of drug-likeness (QED) is 0.134. The van der Waals surface area contributed by atoms with Crippen molar-refractivity contribution in [3.63, 3.8) is 0 Å². The van der Waals surface area contributed by atoms with Gasteiger partial charge in [-0.3, -0.25) is 0 Å². The molecule has 0 heterocycles. The van der Waals surface area contributed by atoms with Crippen molar-refractivity contribution in [2.75, 3.05) is 6.61 Å². The van der Waals surface area contributed by atoms with E-state index in [1.807, 2.05) is 13.0 Å². The highest BCUT2D eigenvalue weighted by atomic mass is 19.2. The maximum Gasteiger partial charge on any atom is 0.201 e. The van der Waals surface area contributed by atoms with Crippen LogP contribution in [0.1, 0.15) is 87.0 Å². The molecular weight excluding hydrogens is 528 g/mol. The second-order valence-corrected chi connectivity index (χ2v) is 10.8. The average molecular weight is 567 g/mol. The number of aliphatic hydroxyl groups is 1. The van der Waals surface area contributed by atoms with E-state index in [2.05, 4.69) is 6.58 Å². The predicted molar refractivity (Wildman–Crippen MR) is 157 cm³/mol. The second kappa shape index (κ2) is 14.5. The summed E-state index contributed by atoms with van der Waals surface area (Å²) in [5.41, 5.74) is 2.04. The standard InChI is InChI=1S/C35H38F4O2/c1-3-5-6-22-41-31-21-18-27(32(36)35(31)39)13-10-23-8-11-24(12-9-23)28-19-20-29(34(38)33(28)37)25-14-16-26(17-15-25)30(40)7-4-2/h3,10,13-21,23-24,30,40H,1,4-9,11-12,22H2,2H3/b13-10+. The van der Waals surface area contributed by atoms with Crippen LogP contribution in [0, 0.1) is 29.2 Å². The zero-order chi connectivity index (χ0) is 29.4. The Morgan fingerprint density at radius 2 is 1.63 bits per heavy atom. The van der Waals surface area contributed by atoms with E-state index >= 15 is 8.78 Å². The number of allylic oxidation sites excluding steroid dienone is 2. The topological polar surface area (TPSA) is 29.5 Å². The van der Waals surface area contributed by atoms with E-state index in [-0.39, 0.29) is 35.3 Å². The van der Waals surface area contributed by atoms with Crippen LogP contribution in [0.4, 0.5) is 17.6 Å². The van der Waals surface area contributed by atoms with Crippen LogP contribution in [-0.4, -0.2) is 11.7 Å². The number of hydrogen-bond acceptors (Lipinski definition) is 2. The molecule has 3 aromatic carbocycles. The molecule has 0 amide bonds. The summed E-state index contributed by atoms with van der Waals surface area (Å²) in [4.78, 5) is 0. The zero-order valence-electron chi connectivity index (χ0n) is 23.5. The summed E-state index contributed by atoms with van der Waals surface area (Å²) < 4.78 is 64.7. The van der Waals surface area contributed by atoms with Gasteiger partial charge in [-0.25, -0.2) is 13.2 Å². The van der Waals surface area contributed by atoms with Gasteiger partial charge < -0.3 is 9.84 Å². The van der Waals surface area contributed by atoms with E-state index in [1.54, 1.807) is 48.6 Å². The molecular formula is C35H38F4O2. The largest absolute Gasteiger partial charge is 0.490 e. The van der Waals surface area contributed by atoms with Gasteiger partial charge in [-0.05, 0) is 85.6 Å². The van der Waals surface area contributed by atoms with Crippen molar-refractivity contribution in [2.24, 2.45) is 5.92 Å². The van der Waals surface area contributed by atoms with Crippen LogP contribution in [0.5, 0.6) is 5.75 Å². The van der Waals surface area contributed by atoms with Gasteiger partial charge in [0.1, 0.15) is 0 Å². The van der Waals surface area contributed by atoms with Crippen molar-refractivity contribution in [1.29, 1.82) is 0 Å².